The summed E-state index contributed by atoms with van der Waals surface area (Å²) in [5.74, 6) is 1.31. The van der Waals surface area contributed by atoms with Gasteiger partial charge < -0.3 is 4.74 Å². The van der Waals surface area contributed by atoms with Gasteiger partial charge in [-0.2, -0.15) is 0 Å². The van der Waals surface area contributed by atoms with Crippen molar-refractivity contribution in [3.05, 3.63) is 57.6 Å². The number of aryl methyl sites for hydroxylation is 2. The molecule has 0 bridgehead atoms. The zero-order chi connectivity index (χ0) is 13.1. The summed E-state index contributed by atoms with van der Waals surface area (Å²) in [6.07, 6.45) is 0.798. The maximum atomic E-state index is 10.9. The van der Waals surface area contributed by atoms with Crippen LogP contribution in [0.4, 0.5) is 0 Å². The minimum Gasteiger partial charge on any atom is -0.455 e. The van der Waals surface area contributed by atoms with E-state index in [-0.39, 0.29) is 0 Å². The van der Waals surface area contributed by atoms with Crippen molar-refractivity contribution >= 4 is 22.2 Å². The van der Waals surface area contributed by atoms with Gasteiger partial charge in [0.1, 0.15) is 11.5 Å². The molecular weight excluding hydrogens is 292 g/mol. The molecule has 0 spiro atoms. The molecule has 0 aromatic heterocycles. The average Bonchev–Trinajstić information content (AvgIpc) is 2.34. The molecule has 92 valence electrons. The number of ether oxygens (including phenoxy) is 1. The van der Waals surface area contributed by atoms with Gasteiger partial charge in [-0.1, -0.05) is 18.2 Å². The van der Waals surface area contributed by atoms with Crippen LogP contribution in [0.2, 0.25) is 0 Å². The van der Waals surface area contributed by atoms with Gasteiger partial charge in [-0.25, -0.2) is 0 Å². The van der Waals surface area contributed by atoms with E-state index in [2.05, 4.69) is 15.9 Å². The smallest absolute Gasteiger partial charge is 0.153 e. The summed E-state index contributed by atoms with van der Waals surface area (Å²) in [5, 5.41) is 0. The number of para-hydroxylation sites is 1. The van der Waals surface area contributed by atoms with E-state index in [1.807, 2.05) is 38.1 Å². The van der Waals surface area contributed by atoms with Crippen LogP contribution in [0.15, 0.2) is 40.9 Å². The highest BCUT2D eigenvalue weighted by atomic mass is 79.9. The first-order chi connectivity index (χ1) is 8.61. The third-order valence-electron chi connectivity index (χ3n) is 2.63. The molecule has 18 heavy (non-hydrogen) atoms. The number of hydrogen-bond donors (Lipinski definition) is 0. The SMILES string of the molecule is Cc1cc(C)c(Oc2ccccc2C=O)c(Br)c1. The van der Waals surface area contributed by atoms with Gasteiger partial charge in [0.25, 0.3) is 0 Å². The largest absolute Gasteiger partial charge is 0.455 e. The Balaban J connectivity index is 2.43. The number of aldehydes is 1. The van der Waals surface area contributed by atoms with E-state index in [0.29, 0.717) is 11.3 Å². The lowest BCUT2D eigenvalue weighted by atomic mass is 10.1. The topological polar surface area (TPSA) is 26.3 Å². The number of halogens is 1. The summed E-state index contributed by atoms with van der Waals surface area (Å²) >= 11 is 3.49. The molecule has 2 aromatic rings. The quantitative estimate of drug-likeness (QED) is 0.770. The molecule has 0 radical (unpaired) electrons. The highest BCUT2D eigenvalue weighted by molar-refractivity contribution is 9.10. The molecule has 0 aliphatic carbocycles. The van der Waals surface area contributed by atoms with Crippen LogP contribution in [0.1, 0.15) is 21.5 Å². The Morgan fingerprint density at radius 3 is 2.56 bits per heavy atom. The number of hydrogen-bond acceptors (Lipinski definition) is 2. The zero-order valence-corrected chi connectivity index (χ0v) is 11.8. The third kappa shape index (κ3) is 2.62. The zero-order valence-electron chi connectivity index (χ0n) is 10.2. The van der Waals surface area contributed by atoms with Crippen LogP contribution < -0.4 is 4.74 Å². The molecule has 0 N–H and O–H groups in total. The summed E-state index contributed by atoms with van der Waals surface area (Å²) in [6, 6.07) is 11.2. The van der Waals surface area contributed by atoms with Crippen LogP contribution >= 0.6 is 15.9 Å². The molecule has 0 aliphatic heterocycles. The van der Waals surface area contributed by atoms with E-state index in [4.69, 9.17) is 4.74 Å². The molecule has 0 unspecified atom stereocenters. The molecule has 0 aliphatic rings. The second-order valence-corrected chi connectivity index (χ2v) is 5.00. The first kappa shape index (κ1) is 12.8. The fourth-order valence-electron chi connectivity index (χ4n) is 1.81. The van der Waals surface area contributed by atoms with Crippen LogP contribution in [-0.2, 0) is 0 Å². The van der Waals surface area contributed by atoms with E-state index in [1.54, 1.807) is 12.1 Å². The van der Waals surface area contributed by atoms with Gasteiger partial charge in [-0.05, 0) is 59.1 Å². The standard InChI is InChI=1S/C15H13BrO2/c1-10-7-11(2)15(13(16)8-10)18-14-6-4-3-5-12(14)9-17/h3-9H,1-2H3. The second kappa shape index (κ2) is 5.36. The lowest BCUT2D eigenvalue weighted by molar-refractivity contribution is 0.112. The third-order valence-corrected chi connectivity index (χ3v) is 3.22. The average molecular weight is 305 g/mol. The van der Waals surface area contributed by atoms with Crippen LogP contribution in [0, 0.1) is 13.8 Å². The molecule has 2 rings (SSSR count). The molecule has 0 atom stereocenters. The van der Waals surface area contributed by atoms with Gasteiger partial charge in [0.05, 0.1) is 10.0 Å². The van der Waals surface area contributed by atoms with Crippen molar-refractivity contribution < 1.29 is 9.53 Å². The number of carbonyl (C=O) groups is 1. The van der Waals surface area contributed by atoms with Gasteiger partial charge in [-0.3, -0.25) is 4.79 Å². The maximum absolute atomic E-state index is 10.9. The number of rotatable bonds is 3. The molecule has 0 fully saturated rings. The van der Waals surface area contributed by atoms with Crippen LogP contribution in [0.3, 0.4) is 0 Å². The highest BCUT2D eigenvalue weighted by Gasteiger charge is 2.09. The van der Waals surface area contributed by atoms with E-state index < -0.39 is 0 Å². The monoisotopic (exact) mass is 304 g/mol. The van der Waals surface area contributed by atoms with Crippen molar-refractivity contribution in [2.75, 3.05) is 0 Å². The lowest BCUT2D eigenvalue weighted by Crippen LogP contribution is -1.93. The highest BCUT2D eigenvalue weighted by Crippen LogP contribution is 2.34. The van der Waals surface area contributed by atoms with Crippen molar-refractivity contribution in [3.63, 3.8) is 0 Å². The molecule has 0 heterocycles. The molecular formula is C15H13BrO2. The summed E-state index contributed by atoms with van der Waals surface area (Å²) in [5.41, 5.74) is 2.74. The Bertz CT molecular complexity index is 568. The Morgan fingerprint density at radius 1 is 1.17 bits per heavy atom. The molecule has 0 saturated carbocycles. The lowest BCUT2D eigenvalue weighted by Gasteiger charge is -2.13. The fourth-order valence-corrected chi connectivity index (χ4v) is 2.57. The minimum atomic E-state index is 0.546. The number of carbonyl (C=O) groups excluding carboxylic acids is 1. The van der Waals surface area contributed by atoms with Gasteiger partial charge in [0, 0.05) is 0 Å². The predicted molar refractivity (Wildman–Crippen MR) is 75.5 cm³/mol. The Kier molecular flexibility index (Phi) is 3.82. The van der Waals surface area contributed by atoms with Gasteiger partial charge >= 0.3 is 0 Å². The van der Waals surface area contributed by atoms with Crippen LogP contribution in [0.5, 0.6) is 11.5 Å². The van der Waals surface area contributed by atoms with Gasteiger partial charge in [0.2, 0.25) is 0 Å². The summed E-state index contributed by atoms with van der Waals surface area (Å²) in [7, 11) is 0. The summed E-state index contributed by atoms with van der Waals surface area (Å²) in [4.78, 5) is 10.9. The van der Waals surface area contributed by atoms with Gasteiger partial charge in [0.15, 0.2) is 6.29 Å². The fraction of sp³-hybridized carbons (Fsp3) is 0.133. The second-order valence-electron chi connectivity index (χ2n) is 4.15. The van der Waals surface area contributed by atoms with Gasteiger partial charge in [-0.15, -0.1) is 0 Å². The molecule has 0 saturated heterocycles. The Labute approximate surface area is 115 Å². The number of benzene rings is 2. The van der Waals surface area contributed by atoms with E-state index in [9.17, 15) is 4.79 Å². The Morgan fingerprint density at radius 2 is 1.89 bits per heavy atom. The summed E-state index contributed by atoms with van der Waals surface area (Å²) in [6.45, 7) is 4.01. The maximum Gasteiger partial charge on any atom is 0.153 e. The predicted octanol–water partition coefficient (Wildman–Crippen LogP) is 4.67. The minimum absolute atomic E-state index is 0.546. The van der Waals surface area contributed by atoms with Crippen molar-refractivity contribution in [2.45, 2.75) is 13.8 Å². The molecule has 2 nitrogen and oxygen atoms in total. The van der Waals surface area contributed by atoms with Crippen molar-refractivity contribution in [3.8, 4) is 11.5 Å². The first-order valence-electron chi connectivity index (χ1n) is 5.60. The van der Waals surface area contributed by atoms with E-state index >= 15 is 0 Å². The normalized spacial score (nSPS) is 10.2. The van der Waals surface area contributed by atoms with Crippen LogP contribution in [-0.4, -0.2) is 6.29 Å². The van der Waals surface area contributed by atoms with Crippen molar-refractivity contribution in [1.82, 2.24) is 0 Å². The van der Waals surface area contributed by atoms with Crippen molar-refractivity contribution in [2.24, 2.45) is 0 Å². The van der Waals surface area contributed by atoms with E-state index in [1.165, 1.54) is 0 Å². The molecule has 3 heteroatoms. The van der Waals surface area contributed by atoms with Crippen LogP contribution in [0.25, 0.3) is 0 Å². The van der Waals surface area contributed by atoms with Crippen molar-refractivity contribution in [1.29, 1.82) is 0 Å². The molecule has 2 aromatic carbocycles. The summed E-state index contributed by atoms with van der Waals surface area (Å²) < 4.78 is 6.73. The van der Waals surface area contributed by atoms with E-state index in [0.717, 1.165) is 27.6 Å². The first-order valence-corrected chi connectivity index (χ1v) is 6.40. The Hall–Kier alpha value is -1.61. The molecule has 0 amide bonds.